The molecule has 0 saturated heterocycles. The average Bonchev–Trinajstić information content (AvgIpc) is 2.54. The minimum absolute atomic E-state index is 0.0505. The number of nitrogens with two attached hydrogens (primary N) is 1. The Morgan fingerprint density at radius 2 is 2.13 bits per heavy atom. The van der Waals surface area contributed by atoms with Gasteiger partial charge in [0.15, 0.2) is 0 Å². The summed E-state index contributed by atoms with van der Waals surface area (Å²) in [5, 5.41) is 11.0. The van der Waals surface area contributed by atoms with E-state index in [9.17, 15) is 10.1 Å². The molecule has 23 heavy (non-hydrogen) atoms. The number of anilines is 1. The molecular weight excluding hydrogens is 294 g/mol. The van der Waals surface area contributed by atoms with Crippen LogP contribution in [-0.2, 0) is 13.0 Å². The largest absolute Gasteiger partial charge is 0.496 e. The number of hydrogen-bond donors (Lipinski definition) is 1. The minimum atomic E-state index is -0.390. The topological polar surface area (TPSA) is 81.6 Å². The molecule has 2 aromatic carbocycles. The lowest BCUT2D eigenvalue weighted by Crippen LogP contribution is -2.42. The Bertz CT molecular complexity index is 733. The molecular formula is C17H19N3O3. The van der Waals surface area contributed by atoms with Gasteiger partial charge in [0.25, 0.3) is 5.69 Å². The van der Waals surface area contributed by atoms with E-state index in [0.29, 0.717) is 18.8 Å². The van der Waals surface area contributed by atoms with Crippen LogP contribution in [0.2, 0.25) is 0 Å². The molecule has 6 heteroatoms. The molecule has 0 aliphatic carbocycles. The van der Waals surface area contributed by atoms with Gasteiger partial charge in [-0.05, 0) is 24.1 Å². The van der Waals surface area contributed by atoms with E-state index in [-0.39, 0.29) is 11.7 Å². The molecule has 0 saturated carbocycles. The van der Waals surface area contributed by atoms with Gasteiger partial charge in [0.2, 0.25) is 0 Å². The SMILES string of the molecule is COc1ccc([N+](=O)[O-])cc1CN1CC(N)Cc2ccccc21. The number of nitro benzene ring substituents is 1. The van der Waals surface area contributed by atoms with Crippen LogP contribution in [0.4, 0.5) is 11.4 Å². The zero-order chi connectivity index (χ0) is 16.4. The van der Waals surface area contributed by atoms with Crippen molar-refractivity contribution < 1.29 is 9.66 Å². The molecule has 0 fully saturated rings. The highest BCUT2D eigenvalue weighted by atomic mass is 16.6. The molecule has 0 spiro atoms. The number of fused-ring (bicyclic) bond motifs is 1. The Morgan fingerprint density at radius 1 is 1.35 bits per heavy atom. The highest BCUT2D eigenvalue weighted by molar-refractivity contribution is 5.57. The number of ether oxygens (including phenoxy) is 1. The lowest BCUT2D eigenvalue weighted by molar-refractivity contribution is -0.384. The van der Waals surface area contributed by atoms with Crippen LogP contribution < -0.4 is 15.4 Å². The molecule has 0 aromatic heterocycles. The summed E-state index contributed by atoms with van der Waals surface area (Å²) < 4.78 is 5.36. The first kappa shape index (κ1) is 15.3. The smallest absolute Gasteiger partial charge is 0.270 e. The van der Waals surface area contributed by atoms with Gasteiger partial charge in [0, 0.05) is 42.5 Å². The lowest BCUT2D eigenvalue weighted by atomic mass is 9.98. The number of benzene rings is 2. The maximum atomic E-state index is 11.0. The summed E-state index contributed by atoms with van der Waals surface area (Å²) in [6, 6.07) is 12.9. The van der Waals surface area contributed by atoms with E-state index in [2.05, 4.69) is 17.0 Å². The Labute approximate surface area is 134 Å². The van der Waals surface area contributed by atoms with E-state index in [0.717, 1.165) is 17.7 Å². The van der Waals surface area contributed by atoms with Gasteiger partial charge < -0.3 is 15.4 Å². The number of nitro groups is 1. The number of para-hydroxylation sites is 1. The summed E-state index contributed by atoms with van der Waals surface area (Å²) in [7, 11) is 1.57. The molecule has 1 unspecified atom stereocenters. The van der Waals surface area contributed by atoms with Crippen molar-refractivity contribution in [2.24, 2.45) is 5.73 Å². The molecule has 1 heterocycles. The first-order valence-electron chi connectivity index (χ1n) is 7.48. The van der Waals surface area contributed by atoms with Crippen molar-refractivity contribution in [1.82, 2.24) is 0 Å². The van der Waals surface area contributed by atoms with Crippen LogP contribution in [0.3, 0.4) is 0 Å². The normalized spacial score (nSPS) is 16.8. The van der Waals surface area contributed by atoms with E-state index in [1.165, 1.54) is 11.6 Å². The Balaban J connectivity index is 1.95. The molecule has 2 aromatic rings. The van der Waals surface area contributed by atoms with Crippen molar-refractivity contribution >= 4 is 11.4 Å². The number of rotatable bonds is 4. The van der Waals surface area contributed by atoms with Crippen LogP contribution >= 0.6 is 0 Å². The van der Waals surface area contributed by atoms with Gasteiger partial charge >= 0.3 is 0 Å². The van der Waals surface area contributed by atoms with Crippen LogP contribution in [0.1, 0.15) is 11.1 Å². The molecule has 1 atom stereocenters. The Kier molecular flexibility index (Phi) is 4.16. The van der Waals surface area contributed by atoms with Gasteiger partial charge in [-0.25, -0.2) is 0 Å². The van der Waals surface area contributed by atoms with Crippen LogP contribution in [0.5, 0.6) is 5.75 Å². The molecule has 1 aliphatic heterocycles. The molecule has 120 valence electrons. The predicted octanol–water partition coefficient (Wildman–Crippen LogP) is 2.49. The third-order valence-corrected chi connectivity index (χ3v) is 4.11. The van der Waals surface area contributed by atoms with E-state index in [1.807, 2.05) is 12.1 Å². The number of methoxy groups -OCH3 is 1. The van der Waals surface area contributed by atoms with Crippen molar-refractivity contribution in [3.8, 4) is 5.75 Å². The van der Waals surface area contributed by atoms with Gasteiger partial charge in [0.1, 0.15) is 5.75 Å². The second kappa shape index (κ2) is 6.26. The molecule has 0 amide bonds. The van der Waals surface area contributed by atoms with Gasteiger partial charge in [-0.2, -0.15) is 0 Å². The van der Waals surface area contributed by atoms with Crippen molar-refractivity contribution in [1.29, 1.82) is 0 Å². The van der Waals surface area contributed by atoms with Crippen molar-refractivity contribution in [3.63, 3.8) is 0 Å². The Morgan fingerprint density at radius 3 is 2.87 bits per heavy atom. The van der Waals surface area contributed by atoms with Gasteiger partial charge in [-0.15, -0.1) is 0 Å². The molecule has 2 N–H and O–H groups in total. The maximum Gasteiger partial charge on any atom is 0.270 e. The standard InChI is InChI=1S/C17H19N3O3/c1-23-17-7-6-15(20(21)22)9-13(17)10-19-11-14(18)8-12-4-2-3-5-16(12)19/h2-7,9,14H,8,10-11,18H2,1H3. The van der Waals surface area contributed by atoms with Crippen molar-refractivity contribution in [3.05, 3.63) is 63.7 Å². The van der Waals surface area contributed by atoms with Gasteiger partial charge in [-0.3, -0.25) is 10.1 Å². The molecule has 3 rings (SSSR count). The summed E-state index contributed by atoms with van der Waals surface area (Å²) >= 11 is 0. The fourth-order valence-corrected chi connectivity index (χ4v) is 3.08. The predicted molar refractivity (Wildman–Crippen MR) is 88.8 cm³/mol. The fourth-order valence-electron chi connectivity index (χ4n) is 3.08. The summed E-state index contributed by atoms with van der Waals surface area (Å²) in [6.07, 6.45) is 0.846. The zero-order valence-electron chi connectivity index (χ0n) is 12.9. The van der Waals surface area contributed by atoms with E-state index in [1.54, 1.807) is 19.2 Å². The molecule has 0 radical (unpaired) electrons. The van der Waals surface area contributed by atoms with Crippen LogP contribution in [0.25, 0.3) is 0 Å². The van der Waals surface area contributed by atoms with Crippen LogP contribution in [-0.4, -0.2) is 24.6 Å². The van der Waals surface area contributed by atoms with Crippen LogP contribution in [0, 0.1) is 10.1 Å². The monoisotopic (exact) mass is 313 g/mol. The summed E-state index contributed by atoms with van der Waals surface area (Å²) in [5.74, 6) is 0.646. The molecule has 0 bridgehead atoms. The van der Waals surface area contributed by atoms with E-state index >= 15 is 0 Å². The highest BCUT2D eigenvalue weighted by Gasteiger charge is 2.23. The summed E-state index contributed by atoms with van der Waals surface area (Å²) in [5.41, 5.74) is 9.34. The molecule has 1 aliphatic rings. The van der Waals surface area contributed by atoms with Crippen molar-refractivity contribution in [2.75, 3.05) is 18.6 Å². The van der Waals surface area contributed by atoms with E-state index in [4.69, 9.17) is 10.5 Å². The van der Waals surface area contributed by atoms with Gasteiger partial charge in [0.05, 0.1) is 12.0 Å². The first-order valence-corrected chi connectivity index (χ1v) is 7.48. The average molecular weight is 313 g/mol. The third kappa shape index (κ3) is 3.12. The second-order valence-corrected chi connectivity index (χ2v) is 5.73. The van der Waals surface area contributed by atoms with Gasteiger partial charge in [-0.1, -0.05) is 18.2 Å². The number of non-ortho nitro benzene ring substituents is 1. The number of hydrogen-bond acceptors (Lipinski definition) is 5. The summed E-state index contributed by atoms with van der Waals surface area (Å²) in [4.78, 5) is 12.8. The summed E-state index contributed by atoms with van der Waals surface area (Å²) in [6.45, 7) is 1.23. The zero-order valence-corrected chi connectivity index (χ0v) is 12.9. The second-order valence-electron chi connectivity index (χ2n) is 5.73. The van der Waals surface area contributed by atoms with E-state index < -0.39 is 4.92 Å². The maximum absolute atomic E-state index is 11.0. The highest BCUT2D eigenvalue weighted by Crippen LogP contribution is 2.31. The Hall–Kier alpha value is -2.60. The lowest BCUT2D eigenvalue weighted by Gasteiger charge is -2.35. The van der Waals surface area contributed by atoms with Crippen LogP contribution in [0.15, 0.2) is 42.5 Å². The fraction of sp³-hybridized carbons (Fsp3) is 0.294. The quantitative estimate of drug-likeness (QED) is 0.693. The first-order chi connectivity index (χ1) is 11.1. The van der Waals surface area contributed by atoms with Crippen molar-refractivity contribution in [2.45, 2.75) is 19.0 Å². The molecule has 6 nitrogen and oxygen atoms in total. The number of nitrogens with zero attached hydrogens (tertiary/aromatic N) is 2. The minimum Gasteiger partial charge on any atom is -0.496 e. The third-order valence-electron chi connectivity index (χ3n) is 4.11.